The summed E-state index contributed by atoms with van der Waals surface area (Å²) in [6.07, 6.45) is 4.12. The lowest BCUT2D eigenvalue weighted by molar-refractivity contribution is -0.0342. The highest BCUT2D eigenvalue weighted by Gasteiger charge is 2.44. The Kier molecular flexibility index (Phi) is 6.81. The van der Waals surface area contributed by atoms with Crippen molar-refractivity contribution in [3.05, 3.63) is 63.1 Å². The molecule has 2 fully saturated rings. The minimum Gasteiger partial charge on any atom is -0.503 e. The predicted molar refractivity (Wildman–Crippen MR) is 126 cm³/mol. The van der Waals surface area contributed by atoms with Crippen molar-refractivity contribution >= 4 is 11.7 Å². The van der Waals surface area contributed by atoms with Crippen molar-refractivity contribution in [1.82, 2.24) is 14.4 Å². The number of carbonyl (C=O) groups is 2. The molecule has 2 aromatic rings. The topological polar surface area (TPSA) is 82.9 Å². The van der Waals surface area contributed by atoms with E-state index in [4.69, 9.17) is 0 Å². The first-order chi connectivity index (χ1) is 16.2. The first kappa shape index (κ1) is 25.0. The second-order valence-corrected chi connectivity index (χ2v) is 9.65. The smallest absolute Gasteiger partial charge is 0.276 e. The van der Waals surface area contributed by atoms with Crippen LogP contribution in [-0.4, -0.2) is 56.5 Å². The van der Waals surface area contributed by atoms with E-state index in [-0.39, 0.29) is 49.3 Å². The molecule has 1 amide bonds. The van der Waals surface area contributed by atoms with Gasteiger partial charge >= 0.3 is 0 Å². The molecule has 0 unspecified atom stereocenters. The van der Waals surface area contributed by atoms with Crippen molar-refractivity contribution in [1.29, 1.82) is 0 Å². The molecule has 1 aromatic carbocycles. The summed E-state index contributed by atoms with van der Waals surface area (Å²) in [5.74, 6) is -2.54. The van der Waals surface area contributed by atoms with Crippen LogP contribution in [0.1, 0.15) is 66.4 Å². The summed E-state index contributed by atoms with van der Waals surface area (Å²) in [5.41, 5.74) is -1.07. The minimum atomic E-state index is -0.901. The number of hydrogen-bond donors (Lipinski definition) is 1. The Morgan fingerprint density at radius 3 is 2.60 bits per heavy atom. The third-order valence-electron chi connectivity index (χ3n) is 7.23. The van der Waals surface area contributed by atoms with Gasteiger partial charge in [0.15, 0.2) is 17.2 Å². The Balaban J connectivity index is 0.00000289. The van der Waals surface area contributed by atoms with E-state index < -0.39 is 34.5 Å². The third kappa shape index (κ3) is 4.61. The average Bonchev–Trinajstić information content (AvgIpc) is 3.61. The van der Waals surface area contributed by atoms with E-state index in [2.05, 4.69) is 4.90 Å². The predicted octanol–water partition coefficient (Wildman–Crippen LogP) is 3.57. The van der Waals surface area contributed by atoms with E-state index in [0.29, 0.717) is 12.5 Å². The molecule has 3 aliphatic rings. The largest absolute Gasteiger partial charge is 0.503 e. The number of halogens is 2. The standard InChI is InChI=1S/C25H27F2N3O4.CH4/c1-14-8-9-28(11-15-2-3-15)21-13-29-12-18(23(32)24(33)22(29)25(34)30(14)21)20(31)7-5-16-4-6-17(26)10-19(16)27;/h4,6,10,12,14-15,21,33H,2-3,5,7-9,11,13H2,1H3;1H4/t14-,21-;/m0./s1. The van der Waals surface area contributed by atoms with Gasteiger partial charge in [-0.25, -0.2) is 8.78 Å². The molecule has 35 heavy (non-hydrogen) atoms. The van der Waals surface area contributed by atoms with Crippen LogP contribution in [0.5, 0.6) is 5.75 Å². The highest BCUT2D eigenvalue weighted by atomic mass is 19.1. The fourth-order valence-electron chi connectivity index (χ4n) is 5.12. The number of rotatable bonds is 6. The first-order valence-electron chi connectivity index (χ1n) is 11.7. The van der Waals surface area contributed by atoms with Gasteiger partial charge in [0, 0.05) is 37.8 Å². The van der Waals surface area contributed by atoms with E-state index in [1.54, 1.807) is 4.90 Å². The van der Waals surface area contributed by atoms with Crippen molar-refractivity contribution in [3.8, 4) is 5.75 Å². The fourth-order valence-corrected chi connectivity index (χ4v) is 5.12. The lowest BCUT2D eigenvalue weighted by atomic mass is 10.00. The normalized spacial score (nSPS) is 21.8. The maximum absolute atomic E-state index is 13.9. The van der Waals surface area contributed by atoms with E-state index in [1.807, 2.05) is 6.92 Å². The third-order valence-corrected chi connectivity index (χ3v) is 7.23. The summed E-state index contributed by atoms with van der Waals surface area (Å²) in [4.78, 5) is 43.1. The molecule has 0 spiro atoms. The molecule has 5 rings (SSSR count). The van der Waals surface area contributed by atoms with Crippen molar-refractivity contribution in [2.24, 2.45) is 5.92 Å². The molecule has 1 saturated carbocycles. The molecule has 3 heterocycles. The van der Waals surface area contributed by atoms with Crippen LogP contribution in [0.3, 0.4) is 0 Å². The van der Waals surface area contributed by atoms with Gasteiger partial charge in [-0.15, -0.1) is 0 Å². The molecule has 9 heteroatoms. The SMILES string of the molecule is C.C[C@H]1CCN(CC2CC2)[C@@H]2Cn3cc(C(=O)CCc4ccc(F)cc4F)c(=O)c(O)c3C(=O)N12. The molecule has 0 radical (unpaired) electrons. The molecule has 1 aromatic heterocycles. The van der Waals surface area contributed by atoms with E-state index in [0.717, 1.165) is 31.6 Å². The number of aromatic nitrogens is 1. The minimum absolute atomic E-state index is 0. The van der Waals surface area contributed by atoms with Gasteiger partial charge in [0.2, 0.25) is 5.43 Å². The van der Waals surface area contributed by atoms with Crippen molar-refractivity contribution < 1.29 is 23.5 Å². The summed E-state index contributed by atoms with van der Waals surface area (Å²) >= 11 is 0. The zero-order chi connectivity index (χ0) is 24.1. The van der Waals surface area contributed by atoms with Crippen LogP contribution in [0.4, 0.5) is 8.78 Å². The molecule has 188 valence electrons. The number of hydrogen-bond acceptors (Lipinski definition) is 5. The maximum Gasteiger partial charge on any atom is 0.276 e. The molecular formula is C26H31F2N3O4. The zero-order valence-corrected chi connectivity index (χ0v) is 19.0. The lowest BCUT2D eigenvalue weighted by Gasteiger charge is -2.50. The number of carbonyl (C=O) groups excluding carboxylic acids is 2. The Bertz CT molecular complexity index is 1220. The molecule has 1 N–H and O–H groups in total. The summed E-state index contributed by atoms with van der Waals surface area (Å²) in [5, 5.41) is 10.7. The quantitative estimate of drug-likeness (QED) is 0.630. The average molecular weight is 488 g/mol. The van der Waals surface area contributed by atoms with Gasteiger partial charge in [0.05, 0.1) is 12.1 Å². The van der Waals surface area contributed by atoms with Crippen LogP contribution < -0.4 is 5.43 Å². The van der Waals surface area contributed by atoms with Crippen LogP contribution in [0.15, 0.2) is 29.2 Å². The van der Waals surface area contributed by atoms with Gasteiger partial charge in [-0.2, -0.15) is 0 Å². The van der Waals surface area contributed by atoms with Crippen LogP contribution in [0, 0.1) is 17.6 Å². The monoisotopic (exact) mass is 487 g/mol. The molecule has 7 nitrogen and oxygen atoms in total. The second kappa shape index (κ2) is 9.53. The highest BCUT2D eigenvalue weighted by molar-refractivity contribution is 6.00. The molecule has 2 aliphatic heterocycles. The first-order valence-corrected chi connectivity index (χ1v) is 11.7. The van der Waals surface area contributed by atoms with Gasteiger partial charge in [0.1, 0.15) is 17.8 Å². The Morgan fingerprint density at radius 1 is 1.17 bits per heavy atom. The number of pyridine rings is 1. The number of benzene rings is 1. The van der Waals surface area contributed by atoms with Crippen molar-refractivity contribution in [2.75, 3.05) is 13.1 Å². The van der Waals surface area contributed by atoms with Gasteiger partial charge in [-0.3, -0.25) is 19.3 Å². The van der Waals surface area contributed by atoms with Gasteiger partial charge in [-0.1, -0.05) is 13.5 Å². The van der Waals surface area contributed by atoms with Crippen LogP contribution >= 0.6 is 0 Å². The van der Waals surface area contributed by atoms with E-state index in [1.165, 1.54) is 29.7 Å². The fraction of sp³-hybridized carbons (Fsp3) is 0.500. The highest BCUT2D eigenvalue weighted by Crippen LogP contribution is 2.35. The van der Waals surface area contributed by atoms with E-state index >= 15 is 0 Å². The van der Waals surface area contributed by atoms with Gasteiger partial charge < -0.3 is 14.6 Å². The molecule has 2 atom stereocenters. The number of Topliss-reactive ketones (excluding diaryl/α,β-unsaturated/α-hetero) is 1. The van der Waals surface area contributed by atoms with Crippen molar-refractivity contribution in [2.45, 2.75) is 65.2 Å². The van der Waals surface area contributed by atoms with Gasteiger partial charge in [0.25, 0.3) is 5.91 Å². The van der Waals surface area contributed by atoms with Crippen LogP contribution in [0.2, 0.25) is 0 Å². The van der Waals surface area contributed by atoms with Gasteiger partial charge in [-0.05, 0) is 50.2 Å². The van der Waals surface area contributed by atoms with E-state index in [9.17, 15) is 28.3 Å². The second-order valence-electron chi connectivity index (χ2n) is 9.65. The number of fused-ring (bicyclic) bond motifs is 2. The number of ketones is 1. The number of aryl methyl sites for hydroxylation is 1. The Hall–Kier alpha value is -3.07. The number of aromatic hydroxyl groups is 1. The zero-order valence-electron chi connectivity index (χ0n) is 19.0. The van der Waals surface area contributed by atoms with Crippen LogP contribution in [-0.2, 0) is 13.0 Å². The molecular weight excluding hydrogens is 456 g/mol. The molecule has 0 bridgehead atoms. The summed E-state index contributed by atoms with van der Waals surface area (Å²) in [6, 6.07) is 3.09. The summed E-state index contributed by atoms with van der Waals surface area (Å²) in [7, 11) is 0. The number of amides is 1. The van der Waals surface area contributed by atoms with Crippen molar-refractivity contribution in [3.63, 3.8) is 0 Å². The Labute approximate surface area is 203 Å². The summed E-state index contributed by atoms with van der Waals surface area (Å²) < 4.78 is 28.6. The molecule has 1 aliphatic carbocycles. The number of nitrogens with zero attached hydrogens (tertiary/aromatic N) is 3. The lowest BCUT2D eigenvalue weighted by Crippen LogP contribution is -2.64. The Morgan fingerprint density at radius 2 is 1.91 bits per heavy atom. The summed E-state index contributed by atoms with van der Waals surface area (Å²) in [6.45, 7) is 4.08. The molecule has 1 saturated heterocycles. The van der Waals surface area contributed by atoms with Crippen LogP contribution in [0.25, 0.3) is 0 Å². The maximum atomic E-state index is 13.9.